The molecule has 0 fully saturated rings. The molecule has 1 aliphatic rings. The minimum atomic E-state index is -1.17. The average Bonchev–Trinajstić information content (AvgIpc) is 2.92. The number of carbonyl (C=O) groups excluding carboxylic acids is 2. The number of unbranched alkanes of at least 4 members (excludes halogenated alkanes) is 1. The van der Waals surface area contributed by atoms with E-state index >= 15 is 0 Å². The maximum atomic E-state index is 13.6. The zero-order valence-electron chi connectivity index (χ0n) is 20.3. The molecule has 34 heavy (non-hydrogen) atoms. The number of hydrogen-bond donors (Lipinski definition) is 2. The number of fused-ring (bicyclic) bond motifs is 1. The number of aliphatic hydroxyl groups excluding tert-OH is 1. The maximum Gasteiger partial charge on any atom is 0.272 e. The molecule has 0 radical (unpaired) electrons. The summed E-state index contributed by atoms with van der Waals surface area (Å²) >= 11 is 0. The van der Waals surface area contributed by atoms with E-state index in [0.29, 0.717) is 35.4 Å². The van der Waals surface area contributed by atoms with Gasteiger partial charge in [-0.2, -0.15) is 0 Å². The van der Waals surface area contributed by atoms with Gasteiger partial charge in [0, 0.05) is 18.2 Å². The van der Waals surface area contributed by atoms with Crippen LogP contribution in [0, 0.1) is 17.7 Å². The van der Waals surface area contributed by atoms with Crippen molar-refractivity contribution < 1.29 is 19.1 Å². The van der Waals surface area contributed by atoms with Gasteiger partial charge in [-0.05, 0) is 49.1 Å². The molecule has 0 aromatic heterocycles. The molecule has 1 unspecified atom stereocenters. The zero-order chi connectivity index (χ0) is 24.8. The fraction of sp³-hybridized carbons (Fsp3) is 0.444. The fourth-order valence-electron chi connectivity index (χ4n) is 4.26. The molecule has 7 heteroatoms. The summed E-state index contributed by atoms with van der Waals surface area (Å²) in [5, 5.41) is 13.5. The lowest BCUT2D eigenvalue weighted by molar-refractivity contribution is -0.133. The first kappa shape index (κ1) is 25.6. The molecule has 0 spiro atoms. The Morgan fingerprint density at radius 2 is 1.85 bits per heavy atom. The van der Waals surface area contributed by atoms with Crippen molar-refractivity contribution in [2.75, 3.05) is 11.9 Å². The lowest BCUT2D eigenvalue weighted by Gasteiger charge is -2.26. The van der Waals surface area contributed by atoms with Crippen molar-refractivity contribution in [2.45, 2.75) is 58.7 Å². The third kappa shape index (κ3) is 5.89. The van der Waals surface area contributed by atoms with Gasteiger partial charge in [0.2, 0.25) is 12.1 Å². The molecular weight excluding hydrogens is 433 g/mol. The lowest BCUT2D eigenvalue weighted by atomic mass is 9.88. The van der Waals surface area contributed by atoms with Gasteiger partial charge in [0.1, 0.15) is 5.82 Å². The van der Waals surface area contributed by atoms with Gasteiger partial charge < -0.3 is 15.3 Å². The number of aliphatic imine (C=N–C) groups is 1. The van der Waals surface area contributed by atoms with Crippen LogP contribution in [0.5, 0.6) is 0 Å². The normalized spacial score (nSPS) is 17.6. The van der Waals surface area contributed by atoms with Crippen LogP contribution < -0.4 is 10.2 Å². The molecule has 0 saturated carbocycles. The van der Waals surface area contributed by atoms with Crippen LogP contribution in [0.2, 0.25) is 0 Å². The van der Waals surface area contributed by atoms with E-state index in [2.05, 4.69) is 10.3 Å². The summed E-state index contributed by atoms with van der Waals surface area (Å²) in [6.07, 6.45) is 0.799. The number of carbonyl (C=O) groups is 2. The fourth-order valence-corrected chi connectivity index (χ4v) is 4.26. The van der Waals surface area contributed by atoms with Gasteiger partial charge in [0.05, 0.1) is 23.4 Å². The second kappa shape index (κ2) is 11.4. The van der Waals surface area contributed by atoms with E-state index in [1.807, 2.05) is 45.0 Å². The molecule has 1 aliphatic heterocycles. The highest BCUT2D eigenvalue weighted by Crippen LogP contribution is 2.28. The van der Waals surface area contributed by atoms with Crippen molar-refractivity contribution in [1.82, 2.24) is 5.32 Å². The number of aliphatic hydroxyl groups is 1. The van der Waals surface area contributed by atoms with Crippen LogP contribution in [-0.2, 0) is 9.59 Å². The summed E-state index contributed by atoms with van der Waals surface area (Å²) in [4.78, 5) is 32.8. The minimum Gasteiger partial charge on any atom is -0.392 e. The number of halogens is 1. The summed E-state index contributed by atoms with van der Waals surface area (Å²) in [6, 6.07) is 13.2. The Labute approximate surface area is 200 Å². The monoisotopic (exact) mass is 467 g/mol. The number of benzene rings is 2. The Hall–Kier alpha value is -3.06. The second-order valence-electron chi connectivity index (χ2n) is 9.26. The van der Waals surface area contributed by atoms with E-state index in [4.69, 9.17) is 0 Å². The molecule has 0 saturated heterocycles. The molecular formula is C27H34FN3O3. The van der Waals surface area contributed by atoms with Crippen molar-refractivity contribution in [3.8, 4) is 0 Å². The number of likely N-dealkylation sites (N-methyl/N-ethyl adjacent to an activating group) is 1. The van der Waals surface area contributed by atoms with Gasteiger partial charge in [-0.1, -0.05) is 51.8 Å². The maximum absolute atomic E-state index is 13.6. The van der Waals surface area contributed by atoms with E-state index in [9.17, 15) is 19.1 Å². The van der Waals surface area contributed by atoms with Crippen molar-refractivity contribution in [2.24, 2.45) is 16.8 Å². The quantitative estimate of drug-likeness (QED) is 0.577. The SMILES string of the molecule is CCCC[C@H](O)[C@@H](CC(C)C)C(=O)NC1N=C(c2ccc(F)cc2)c2ccccc2N(C)C1=O. The summed E-state index contributed by atoms with van der Waals surface area (Å²) in [5.41, 5.74) is 2.49. The summed E-state index contributed by atoms with van der Waals surface area (Å²) in [6.45, 7) is 6.03. The first-order valence-electron chi connectivity index (χ1n) is 11.9. The van der Waals surface area contributed by atoms with E-state index in [-0.39, 0.29) is 17.6 Å². The Morgan fingerprint density at radius 1 is 1.18 bits per heavy atom. The topological polar surface area (TPSA) is 82.0 Å². The number of rotatable bonds is 9. The molecule has 2 N–H and O–H groups in total. The number of nitrogens with zero attached hydrogens (tertiary/aromatic N) is 2. The Balaban J connectivity index is 1.99. The van der Waals surface area contributed by atoms with Crippen molar-refractivity contribution >= 4 is 23.2 Å². The number of hydrogen-bond acceptors (Lipinski definition) is 4. The van der Waals surface area contributed by atoms with Crippen molar-refractivity contribution in [1.29, 1.82) is 0 Å². The zero-order valence-corrected chi connectivity index (χ0v) is 20.3. The van der Waals surface area contributed by atoms with Crippen molar-refractivity contribution in [3.63, 3.8) is 0 Å². The van der Waals surface area contributed by atoms with Crippen LogP contribution in [0.1, 0.15) is 57.6 Å². The highest BCUT2D eigenvalue weighted by molar-refractivity contribution is 6.20. The smallest absolute Gasteiger partial charge is 0.272 e. The predicted molar refractivity (Wildman–Crippen MR) is 132 cm³/mol. The third-order valence-electron chi connectivity index (χ3n) is 6.12. The van der Waals surface area contributed by atoms with Crippen LogP contribution >= 0.6 is 0 Å². The highest BCUT2D eigenvalue weighted by Gasteiger charge is 2.34. The van der Waals surface area contributed by atoms with Crippen LogP contribution in [0.3, 0.4) is 0 Å². The summed E-state index contributed by atoms with van der Waals surface area (Å²) < 4.78 is 13.6. The standard InChI is InChI=1S/C27H34FN3O3/c1-5-6-11-23(32)21(16-17(2)3)26(33)30-25-27(34)31(4)22-10-8-7-9-20(22)24(29-25)18-12-14-19(28)15-13-18/h7-10,12-15,17,21,23,25,32H,5-6,11,16H2,1-4H3,(H,30,33)/t21-,23+,25?/m1/s1. The molecule has 2 aromatic carbocycles. The molecule has 6 nitrogen and oxygen atoms in total. The van der Waals surface area contributed by atoms with Gasteiger partial charge in [0.15, 0.2) is 0 Å². The molecule has 182 valence electrons. The van der Waals surface area contributed by atoms with Crippen LogP contribution in [0.25, 0.3) is 0 Å². The van der Waals surface area contributed by atoms with E-state index < -0.39 is 24.1 Å². The average molecular weight is 468 g/mol. The number of anilines is 1. The largest absolute Gasteiger partial charge is 0.392 e. The van der Waals surface area contributed by atoms with Crippen molar-refractivity contribution in [3.05, 3.63) is 65.5 Å². The van der Waals surface area contributed by atoms with Crippen LogP contribution in [0.4, 0.5) is 10.1 Å². The minimum absolute atomic E-state index is 0.196. The molecule has 2 aromatic rings. The number of nitrogens with one attached hydrogen (secondary N) is 1. The Morgan fingerprint density at radius 3 is 2.50 bits per heavy atom. The molecule has 1 heterocycles. The predicted octanol–water partition coefficient (Wildman–Crippen LogP) is 4.30. The molecule has 0 aliphatic carbocycles. The van der Waals surface area contributed by atoms with Crippen LogP contribution in [0.15, 0.2) is 53.5 Å². The van der Waals surface area contributed by atoms with Gasteiger partial charge >= 0.3 is 0 Å². The van der Waals surface area contributed by atoms with E-state index in [1.54, 1.807) is 19.2 Å². The summed E-state index contributed by atoms with van der Waals surface area (Å²) in [7, 11) is 1.64. The third-order valence-corrected chi connectivity index (χ3v) is 6.12. The van der Waals surface area contributed by atoms with Crippen LogP contribution in [-0.4, -0.2) is 41.9 Å². The first-order valence-corrected chi connectivity index (χ1v) is 11.9. The lowest BCUT2D eigenvalue weighted by Crippen LogP contribution is -2.49. The molecule has 2 amide bonds. The Bertz CT molecular complexity index is 1040. The molecule has 3 rings (SSSR count). The van der Waals surface area contributed by atoms with Gasteiger partial charge in [-0.3, -0.25) is 9.59 Å². The number of amides is 2. The second-order valence-corrected chi connectivity index (χ2v) is 9.26. The van der Waals surface area contributed by atoms with E-state index in [1.165, 1.54) is 17.0 Å². The number of benzodiazepines with no additional fused rings is 1. The molecule has 0 bridgehead atoms. The Kier molecular flexibility index (Phi) is 8.56. The van der Waals surface area contributed by atoms with Gasteiger partial charge in [0.25, 0.3) is 5.91 Å². The van der Waals surface area contributed by atoms with Gasteiger partial charge in [-0.25, -0.2) is 9.38 Å². The first-order chi connectivity index (χ1) is 16.2. The van der Waals surface area contributed by atoms with E-state index in [0.717, 1.165) is 12.8 Å². The molecule has 3 atom stereocenters. The van der Waals surface area contributed by atoms with Gasteiger partial charge in [-0.15, -0.1) is 0 Å². The number of para-hydroxylation sites is 1. The summed E-state index contributed by atoms with van der Waals surface area (Å²) in [5.74, 6) is -1.59. The highest BCUT2D eigenvalue weighted by atomic mass is 19.1.